The normalized spacial score (nSPS) is 20.7. The molecule has 1 fully saturated rings. The fourth-order valence-electron chi connectivity index (χ4n) is 4.64. The highest BCUT2D eigenvalue weighted by molar-refractivity contribution is 6.31. The first-order valence-corrected chi connectivity index (χ1v) is 11.0. The summed E-state index contributed by atoms with van der Waals surface area (Å²) < 4.78 is 11.2. The second-order valence-electron chi connectivity index (χ2n) is 8.33. The predicted molar refractivity (Wildman–Crippen MR) is 118 cm³/mol. The Morgan fingerprint density at radius 2 is 2.00 bits per heavy atom. The van der Waals surface area contributed by atoms with E-state index in [2.05, 4.69) is 17.1 Å². The van der Waals surface area contributed by atoms with Crippen LogP contribution >= 0.6 is 11.6 Å². The van der Waals surface area contributed by atoms with Crippen LogP contribution in [0.5, 0.6) is 5.75 Å². The van der Waals surface area contributed by atoms with Gasteiger partial charge >= 0.3 is 0 Å². The highest BCUT2D eigenvalue weighted by Gasteiger charge is 2.36. The Kier molecular flexibility index (Phi) is 5.46. The second-order valence-corrected chi connectivity index (χ2v) is 8.76. The Morgan fingerprint density at radius 1 is 1.20 bits per heavy atom. The average Bonchev–Trinajstić information content (AvgIpc) is 3.09. The van der Waals surface area contributed by atoms with Crippen LogP contribution in [0.4, 0.5) is 0 Å². The number of aliphatic hydroxyl groups excluding tert-OH is 1. The number of H-pyrrole nitrogens is 1. The van der Waals surface area contributed by atoms with Gasteiger partial charge in [-0.15, -0.1) is 0 Å². The zero-order chi connectivity index (χ0) is 20.7. The number of hydrogen-bond donors (Lipinski definition) is 2. The molecule has 0 spiro atoms. The van der Waals surface area contributed by atoms with E-state index in [1.807, 2.05) is 35.2 Å². The number of nitrogens with zero attached hydrogens (tertiary/aromatic N) is 1. The number of hydrogen-bond acceptors (Lipinski definition) is 4. The van der Waals surface area contributed by atoms with E-state index in [1.165, 1.54) is 24.8 Å². The van der Waals surface area contributed by atoms with Crippen molar-refractivity contribution < 1.29 is 14.6 Å². The van der Waals surface area contributed by atoms with Crippen molar-refractivity contribution in [3.63, 3.8) is 0 Å². The van der Waals surface area contributed by atoms with Crippen molar-refractivity contribution in [1.29, 1.82) is 0 Å². The molecule has 1 unspecified atom stereocenters. The van der Waals surface area contributed by atoms with Crippen molar-refractivity contribution in [3.05, 3.63) is 64.3 Å². The molecule has 2 aromatic carbocycles. The highest BCUT2D eigenvalue weighted by atomic mass is 35.5. The molecular weight excluding hydrogens is 400 g/mol. The lowest BCUT2D eigenvalue weighted by Gasteiger charge is -2.39. The first kappa shape index (κ1) is 19.9. The number of rotatable bonds is 6. The molecule has 1 saturated carbocycles. The Balaban J connectivity index is 1.52. The number of aromatic amines is 1. The van der Waals surface area contributed by atoms with E-state index in [0.717, 1.165) is 39.4 Å². The Labute approximate surface area is 181 Å². The van der Waals surface area contributed by atoms with Gasteiger partial charge in [-0.1, -0.05) is 30.2 Å². The van der Waals surface area contributed by atoms with Crippen LogP contribution in [-0.4, -0.2) is 41.7 Å². The lowest BCUT2D eigenvalue weighted by atomic mass is 9.86. The molecule has 2 aliphatic rings. The molecule has 30 heavy (non-hydrogen) atoms. The summed E-state index contributed by atoms with van der Waals surface area (Å²) in [5.74, 6) is 1.39. The maximum Gasteiger partial charge on any atom is 0.216 e. The summed E-state index contributed by atoms with van der Waals surface area (Å²) >= 11 is 6.28. The Morgan fingerprint density at radius 3 is 2.70 bits per heavy atom. The number of ether oxygens (including phenoxy) is 2. The molecule has 0 amide bonds. The monoisotopic (exact) mass is 426 g/mol. The number of methoxy groups -OCH3 is 1. The van der Waals surface area contributed by atoms with E-state index in [4.69, 9.17) is 21.1 Å². The summed E-state index contributed by atoms with van der Waals surface area (Å²) in [6, 6.07) is 13.9. The third-order valence-electron chi connectivity index (χ3n) is 6.55. The van der Waals surface area contributed by atoms with Crippen LogP contribution in [0, 0.1) is 5.92 Å². The zero-order valence-corrected chi connectivity index (χ0v) is 17.9. The summed E-state index contributed by atoms with van der Waals surface area (Å²) in [6.45, 7) is 1.32. The van der Waals surface area contributed by atoms with Crippen molar-refractivity contribution in [3.8, 4) is 5.75 Å². The van der Waals surface area contributed by atoms with Crippen molar-refractivity contribution in [2.45, 2.75) is 38.1 Å². The number of halogens is 1. The van der Waals surface area contributed by atoms with Crippen molar-refractivity contribution >= 4 is 22.5 Å². The van der Waals surface area contributed by atoms with E-state index in [0.29, 0.717) is 19.1 Å². The smallest absolute Gasteiger partial charge is 0.216 e. The van der Waals surface area contributed by atoms with Crippen LogP contribution in [-0.2, 0) is 11.2 Å². The maximum absolute atomic E-state index is 11.0. The van der Waals surface area contributed by atoms with Crippen LogP contribution < -0.4 is 4.74 Å². The van der Waals surface area contributed by atoms with Gasteiger partial charge in [-0.3, -0.25) is 0 Å². The van der Waals surface area contributed by atoms with Gasteiger partial charge in [0.25, 0.3) is 0 Å². The van der Waals surface area contributed by atoms with Crippen LogP contribution in [0.1, 0.15) is 42.1 Å². The van der Waals surface area contributed by atoms with Gasteiger partial charge < -0.3 is 19.6 Å². The third-order valence-corrected chi connectivity index (χ3v) is 6.78. The second kappa shape index (κ2) is 8.23. The minimum absolute atomic E-state index is 0.137. The first-order chi connectivity index (χ1) is 14.6. The predicted octanol–water partition coefficient (Wildman–Crippen LogP) is 4.87. The SMILES string of the molecule is COc1ccc([C@H]2c3[nH]c4ccc(Cl)cc4c3CCN2C(O)OCC2CCC2)cc1. The molecule has 0 bridgehead atoms. The standard InChI is InChI=1S/C24H27ClN2O3/c1-29-18-8-5-16(6-9-18)23-22-19(20-13-17(25)7-10-21(20)26-22)11-12-27(23)24(28)30-14-15-3-2-4-15/h5-10,13,15,23-24,26,28H,2-4,11-12,14H2,1H3/t23-,24?/m0/s1. The van der Waals surface area contributed by atoms with Crippen molar-refractivity contribution in [2.75, 3.05) is 20.3 Å². The highest BCUT2D eigenvalue weighted by Crippen LogP contribution is 2.40. The van der Waals surface area contributed by atoms with Crippen LogP contribution in [0.3, 0.4) is 0 Å². The largest absolute Gasteiger partial charge is 0.497 e. The number of fused-ring (bicyclic) bond motifs is 3. The quantitative estimate of drug-likeness (QED) is 0.552. The molecule has 5 rings (SSSR count). The molecule has 1 aliphatic heterocycles. The van der Waals surface area contributed by atoms with Gasteiger partial charge in [0.05, 0.1) is 19.8 Å². The molecule has 1 aromatic heterocycles. The summed E-state index contributed by atoms with van der Waals surface area (Å²) in [5.41, 5.74) is 4.50. The fourth-order valence-corrected chi connectivity index (χ4v) is 4.81. The van der Waals surface area contributed by atoms with E-state index in [-0.39, 0.29) is 6.04 Å². The molecule has 6 heteroatoms. The number of benzene rings is 2. The van der Waals surface area contributed by atoms with Gasteiger partial charge in [0.2, 0.25) is 6.41 Å². The van der Waals surface area contributed by atoms with Gasteiger partial charge in [0, 0.05) is 28.2 Å². The van der Waals surface area contributed by atoms with Crippen LogP contribution in [0.15, 0.2) is 42.5 Å². The van der Waals surface area contributed by atoms with Crippen LogP contribution in [0.25, 0.3) is 10.9 Å². The first-order valence-electron chi connectivity index (χ1n) is 10.6. The maximum atomic E-state index is 11.0. The summed E-state index contributed by atoms with van der Waals surface area (Å²) in [7, 11) is 1.67. The lowest BCUT2D eigenvalue weighted by molar-refractivity contribution is -0.213. The zero-order valence-electron chi connectivity index (χ0n) is 17.1. The molecule has 2 atom stereocenters. The van der Waals surface area contributed by atoms with Crippen molar-refractivity contribution in [2.24, 2.45) is 5.92 Å². The Hall–Kier alpha value is -2.05. The van der Waals surface area contributed by atoms with E-state index < -0.39 is 6.41 Å². The molecule has 5 nitrogen and oxygen atoms in total. The van der Waals surface area contributed by atoms with Gasteiger partial charge in [-0.25, -0.2) is 4.90 Å². The van der Waals surface area contributed by atoms with Gasteiger partial charge in [0.15, 0.2) is 0 Å². The molecule has 1 aliphatic carbocycles. The lowest BCUT2D eigenvalue weighted by Crippen LogP contribution is -2.45. The summed E-state index contributed by atoms with van der Waals surface area (Å²) in [4.78, 5) is 5.64. The van der Waals surface area contributed by atoms with Gasteiger partial charge in [-0.05, 0) is 66.6 Å². The van der Waals surface area contributed by atoms with E-state index in [1.54, 1.807) is 7.11 Å². The molecule has 3 aromatic rings. The summed E-state index contributed by atoms with van der Waals surface area (Å²) in [6.07, 6.45) is 3.54. The molecule has 2 heterocycles. The number of nitrogens with one attached hydrogen (secondary N) is 1. The number of aliphatic hydroxyl groups is 1. The average molecular weight is 427 g/mol. The van der Waals surface area contributed by atoms with E-state index in [9.17, 15) is 5.11 Å². The van der Waals surface area contributed by atoms with Gasteiger partial charge in [0.1, 0.15) is 5.75 Å². The number of aromatic nitrogens is 1. The molecule has 2 N–H and O–H groups in total. The molecule has 0 radical (unpaired) electrons. The molecular formula is C24H27ClN2O3. The minimum atomic E-state index is -0.944. The summed E-state index contributed by atoms with van der Waals surface area (Å²) in [5, 5.41) is 12.8. The third kappa shape index (κ3) is 3.60. The fraction of sp³-hybridized carbons (Fsp3) is 0.417. The Bertz CT molecular complexity index is 1030. The minimum Gasteiger partial charge on any atom is -0.497 e. The van der Waals surface area contributed by atoms with Crippen molar-refractivity contribution in [1.82, 2.24) is 9.88 Å². The molecule has 0 saturated heterocycles. The molecule has 158 valence electrons. The topological polar surface area (TPSA) is 57.7 Å². The van der Waals surface area contributed by atoms with Crippen LogP contribution in [0.2, 0.25) is 5.02 Å². The van der Waals surface area contributed by atoms with Gasteiger partial charge in [-0.2, -0.15) is 0 Å². The van der Waals surface area contributed by atoms with E-state index >= 15 is 0 Å².